The molecule has 3 aromatic rings. The van der Waals surface area contributed by atoms with Gasteiger partial charge in [-0.1, -0.05) is 6.08 Å². The Labute approximate surface area is 201 Å². The molecule has 0 saturated carbocycles. The molecule has 11 heteroatoms. The molecule has 35 heavy (non-hydrogen) atoms. The maximum Gasteiger partial charge on any atom is 0.410 e. The number of aryl methyl sites for hydroxylation is 1. The molecule has 3 aromatic heterocycles. The van der Waals surface area contributed by atoms with Gasteiger partial charge in [0.15, 0.2) is 17.3 Å². The van der Waals surface area contributed by atoms with E-state index in [4.69, 9.17) is 9.47 Å². The predicted molar refractivity (Wildman–Crippen MR) is 127 cm³/mol. The van der Waals surface area contributed by atoms with E-state index in [-0.39, 0.29) is 35.9 Å². The Morgan fingerprint density at radius 3 is 2.71 bits per heavy atom. The number of amides is 2. The van der Waals surface area contributed by atoms with Crippen LogP contribution in [-0.2, 0) is 4.74 Å². The second-order valence-corrected chi connectivity index (χ2v) is 9.08. The Hall–Kier alpha value is -4.02. The molecular formula is C24H27FN6O4. The van der Waals surface area contributed by atoms with Gasteiger partial charge in [0.2, 0.25) is 5.88 Å². The normalized spacial score (nSPS) is 13.7. The van der Waals surface area contributed by atoms with E-state index in [1.165, 1.54) is 21.6 Å². The van der Waals surface area contributed by atoms with Crippen molar-refractivity contribution in [3.05, 3.63) is 53.6 Å². The third kappa shape index (κ3) is 5.39. The average Bonchev–Trinajstić information content (AvgIpc) is 3.39. The molecular weight excluding hydrogens is 455 g/mol. The molecule has 10 nitrogen and oxygen atoms in total. The number of aromatic nitrogens is 4. The molecule has 4 rings (SSSR count). The van der Waals surface area contributed by atoms with Crippen LogP contribution in [0.4, 0.5) is 14.9 Å². The van der Waals surface area contributed by atoms with Crippen LogP contribution < -0.4 is 10.1 Å². The van der Waals surface area contributed by atoms with Crippen molar-refractivity contribution in [3.63, 3.8) is 0 Å². The van der Waals surface area contributed by atoms with E-state index < -0.39 is 23.4 Å². The number of rotatable bonds is 5. The summed E-state index contributed by atoms with van der Waals surface area (Å²) < 4.78 is 26.9. The summed E-state index contributed by atoms with van der Waals surface area (Å²) in [6.07, 6.45) is 5.99. The molecule has 4 heterocycles. The molecule has 0 radical (unpaired) electrons. The van der Waals surface area contributed by atoms with Gasteiger partial charge in [0.05, 0.1) is 24.5 Å². The van der Waals surface area contributed by atoms with Crippen molar-refractivity contribution >= 4 is 28.9 Å². The van der Waals surface area contributed by atoms with E-state index in [0.29, 0.717) is 23.6 Å². The highest BCUT2D eigenvalue weighted by Crippen LogP contribution is 2.25. The minimum absolute atomic E-state index is 0.0895. The number of carbonyl (C=O) groups excluding carboxylic acids is 2. The van der Waals surface area contributed by atoms with Crippen LogP contribution >= 0.6 is 0 Å². The molecule has 0 aromatic carbocycles. The number of pyridine rings is 1. The van der Waals surface area contributed by atoms with Crippen molar-refractivity contribution in [2.75, 3.05) is 25.0 Å². The fourth-order valence-electron chi connectivity index (χ4n) is 3.55. The van der Waals surface area contributed by atoms with E-state index in [2.05, 4.69) is 20.3 Å². The first-order valence-corrected chi connectivity index (χ1v) is 11.2. The summed E-state index contributed by atoms with van der Waals surface area (Å²) in [5.74, 6) is -0.675. The number of fused-ring (bicyclic) bond motifs is 1. The molecule has 0 fully saturated rings. The highest BCUT2D eigenvalue weighted by atomic mass is 19.1. The zero-order chi connectivity index (χ0) is 25.3. The first-order valence-electron chi connectivity index (χ1n) is 11.2. The highest BCUT2D eigenvalue weighted by Gasteiger charge is 2.27. The average molecular weight is 483 g/mol. The third-order valence-corrected chi connectivity index (χ3v) is 5.02. The second kappa shape index (κ2) is 9.32. The molecule has 0 saturated heterocycles. The monoisotopic (exact) mass is 482 g/mol. The molecule has 0 unspecified atom stereocenters. The van der Waals surface area contributed by atoms with Crippen LogP contribution in [0.5, 0.6) is 5.88 Å². The van der Waals surface area contributed by atoms with Crippen LogP contribution in [0.1, 0.15) is 49.6 Å². The minimum atomic E-state index is -0.600. The van der Waals surface area contributed by atoms with E-state index in [9.17, 15) is 14.0 Å². The first-order chi connectivity index (χ1) is 16.5. The number of carbonyl (C=O) groups is 2. The summed E-state index contributed by atoms with van der Waals surface area (Å²) in [6, 6.07) is 1.20. The van der Waals surface area contributed by atoms with Gasteiger partial charge in [-0.25, -0.2) is 19.2 Å². The topological polar surface area (TPSA) is 111 Å². The number of nitrogens with zero attached hydrogens (tertiary/aromatic N) is 5. The lowest BCUT2D eigenvalue weighted by Gasteiger charge is -2.24. The Morgan fingerprint density at radius 2 is 2.00 bits per heavy atom. The molecule has 1 aliphatic heterocycles. The van der Waals surface area contributed by atoms with Crippen LogP contribution in [0.15, 0.2) is 30.7 Å². The van der Waals surface area contributed by atoms with Gasteiger partial charge < -0.3 is 24.1 Å². The molecule has 0 aliphatic carbocycles. The predicted octanol–water partition coefficient (Wildman–Crippen LogP) is 3.86. The van der Waals surface area contributed by atoms with E-state index >= 15 is 0 Å². The summed E-state index contributed by atoms with van der Waals surface area (Å²) >= 11 is 0. The SMILES string of the molecule is CCOc1nc(C2=CCN(C(=O)OC(C)(C)C)C2)ncc1C(=O)Nc1cc(F)c2nc(C)cn2c1. The molecule has 0 spiro atoms. The van der Waals surface area contributed by atoms with Gasteiger partial charge in [0.1, 0.15) is 11.2 Å². The van der Waals surface area contributed by atoms with Crippen LogP contribution in [0.25, 0.3) is 11.2 Å². The number of hydrogen-bond donors (Lipinski definition) is 1. The van der Waals surface area contributed by atoms with Crippen LogP contribution in [0, 0.1) is 12.7 Å². The highest BCUT2D eigenvalue weighted by molar-refractivity contribution is 6.05. The lowest BCUT2D eigenvalue weighted by molar-refractivity contribution is 0.0306. The van der Waals surface area contributed by atoms with Gasteiger partial charge >= 0.3 is 6.09 Å². The molecule has 0 atom stereocenters. The largest absolute Gasteiger partial charge is 0.477 e. The molecule has 2 amide bonds. The number of hydrogen-bond acceptors (Lipinski definition) is 7. The van der Waals surface area contributed by atoms with Crippen molar-refractivity contribution in [2.45, 2.75) is 40.2 Å². The Balaban J connectivity index is 1.53. The van der Waals surface area contributed by atoms with Gasteiger partial charge in [0.25, 0.3) is 5.91 Å². The fourth-order valence-corrected chi connectivity index (χ4v) is 3.55. The second-order valence-electron chi connectivity index (χ2n) is 9.08. The standard InChI is InChI=1S/C24H27FN6O4/c1-6-34-22-17(21(32)28-16-9-18(25)20-27-14(2)11-31(20)13-16)10-26-19(29-22)15-7-8-30(12-15)23(33)35-24(3,4)5/h7,9-11,13H,6,8,12H2,1-5H3,(H,28,32). The summed E-state index contributed by atoms with van der Waals surface area (Å²) in [6.45, 7) is 9.85. The van der Waals surface area contributed by atoms with Gasteiger partial charge in [-0.15, -0.1) is 0 Å². The third-order valence-electron chi connectivity index (χ3n) is 5.02. The van der Waals surface area contributed by atoms with Crippen molar-refractivity contribution in [1.82, 2.24) is 24.3 Å². The maximum atomic E-state index is 14.4. The lowest BCUT2D eigenvalue weighted by atomic mass is 10.2. The van der Waals surface area contributed by atoms with Gasteiger partial charge in [0, 0.05) is 36.8 Å². The number of anilines is 1. The molecule has 1 aliphatic rings. The van der Waals surface area contributed by atoms with E-state index in [0.717, 1.165) is 0 Å². The van der Waals surface area contributed by atoms with Crippen molar-refractivity contribution < 1.29 is 23.5 Å². The van der Waals surface area contributed by atoms with Gasteiger partial charge in [-0.3, -0.25) is 4.79 Å². The van der Waals surface area contributed by atoms with Gasteiger partial charge in [-0.2, -0.15) is 4.98 Å². The fraction of sp³-hybridized carbons (Fsp3) is 0.375. The van der Waals surface area contributed by atoms with E-state index in [1.807, 2.05) is 6.08 Å². The van der Waals surface area contributed by atoms with Crippen LogP contribution in [-0.4, -0.2) is 61.6 Å². The maximum absolute atomic E-state index is 14.4. The summed E-state index contributed by atoms with van der Waals surface area (Å²) in [4.78, 5) is 39.7. The Kier molecular flexibility index (Phi) is 6.42. The smallest absolute Gasteiger partial charge is 0.410 e. The molecule has 0 bridgehead atoms. The zero-order valence-corrected chi connectivity index (χ0v) is 20.3. The lowest BCUT2D eigenvalue weighted by Crippen LogP contribution is -2.35. The number of nitrogens with one attached hydrogen (secondary N) is 1. The van der Waals surface area contributed by atoms with Crippen molar-refractivity contribution in [2.24, 2.45) is 0 Å². The van der Waals surface area contributed by atoms with Crippen molar-refractivity contribution in [1.29, 1.82) is 0 Å². The first kappa shape index (κ1) is 24.1. The van der Waals surface area contributed by atoms with Crippen LogP contribution in [0.3, 0.4) is 0 Å². The van der Waals surface area contributed by atoms with E-state index in [1.54, 1.807) is 47.0 Å². The zero-order valence-electron chi connectivity index (χ0n) is 20.3. The Bertz CT molecular complexity index is 1330. The van der Waals surface area contributed by atoms with Crippen LogP contribution in [0.2, 0.25) is 0 Å². The Morgan fingerprint density at radius 1 is 1.23 bits per heavy atom. The number of ether oxygens (including phenoxy) is 2. The minimum Gasteiger partial charge on any atom is -0.477 e. The summed E-state index contributed by atoms with van der Waals surface area (Å²) in [5.41, 5.74) is 1.29. The quantitative estimate of drug-likeness (QED) is 0.588. The summed E-state index contributed by atoms with van der Waals surface area (Å²) in [5, 5.41) is 2.66. The summed E-state index contributed by atoms with van der Waals surface area (Å²) in [7, 11) is 0. The van der Waals surface area contributed by atoms with Gasteiger partial charge in [-0.05, 0) is 34.6 Å². The molecule has 1 N–H and O–H groups in total. The number of halogens is 1. The molecule has 184 valence electrons. The van der Waals surface area contributed by atoms with Crippen molar-refractivity contribution in [3.8, 4) is 5.88 Å². The number of imidazole rings is 1.